The number of carboxylic acid groups (broad SMARTS) is 1. The summed E-state index contributed by atoms with van der Waals surface area (Å²) in [5.74, 6) is -0.685. The van der Waals surface area contributed by atoms with Crippen molar-refractivity contribution in [2.24, 2.45) is 5.92 Å². The molecule has 1 aliphatic rings. The first-order valence-corrected chi connectivity index (χ1v) is 7.02. The van der Waals surface area contributed by atoms with Crippen molar-refractivity contribution in [3.8, 4) is 12.1 Å². The second-order valence-electron chi connectivity index (χ2n) is 5.20. The van der Waals surface area contributed by atoms with E-state index in [9.17, 15) is 9.59 Å². The summed E-state index contributed by atoms with van der Waals surface area (Å²) in [6.07, 6.45) is 2.57. The van der Waals surface area contributed by atoms with Crippen molar-refractivity contribution in [3.05, 3.63) is 0 Å². The van der Waals surface area contributed by atoms with Crippen LogP contribution in [0.5, 0.6) is 0 Å². The van der Waals surface area contributed by atoms with Crippen molar-refractivity contribution in [1.82, 2.24) is 9.80 Å². The number of aliphatic carboxylic acids is 1. The summed E-state index contributed by atoms with van der Waals surface area (Å²) in [6, 6.07) is 3.95. The lowest BCUT2D eigenvalue weighted by Gasteiger charge is -2.25. The van der Waals surface area contributed by atoms with Gasteiger partial charge in [-0.1, -0.05) is 0 Å². The van der Waals surface area contributed by atoms with Gasteiger partial charge < -0.3 is 10.0 Å². The van der Waals surface area contributed by atoms with Crippen LogP contribution in [0.15, 0.2) is 0 Å². The van der Waals surface area contributed by atoms with E-state index in [0.29, 0.717) is 12.5 Å². The minimum atomic E-state index is -0.955. The van der Waals surface area contributed by atoms with Gasteiger partial charge in [-0.15, -0.1) is 0 Å². The summed E-state index contributed by atoms with van der Waals surface area (Å²) in [5, 5.41) is 26.1. The van der Waals surface area contributed by atoms with E-state index in [-0.39, 0.29) is 44.9 Å². The molecule has 0 atom stereocenters. The quantitative estimate of drug-likeness (QED) is 0.626. The fraction of sp³-hybridized carbons (Fsp3) is 0.714. The molecule has 1 N–H and O–H groups in total. The predicted molar refractivity (Wildman–Crippen MR) is 73.8 cm³/mol. The molecule has 0 aliphatic heterocycles. The monoisotopic (exact) mass is 292 g/mol. The van der Waals surface area contributed by atoms with Gasteiger partial charge in [0.1, 0.15) is 0 Å². The Morgan fingerprint density at radius 3 is 2.10 bits per heavy atom. The highest BCUT2D eigenvalue weighted by atomic mass is 16.4. The highest BCUT2D eigenvalue weighted by molar-refractivity contribution is 5.79. The molecule has 114 valence electrons. The van der Waals surface area contributed by atoms with Gasteiger partial charge in [-0.25, -0.2) is 0 Å². The van der Waals surface area contributed by atoms with E-state index < -0.39 is 5.97 Å². The molecule has 0 radical (unpaired) electrons. The van der Waals surface area contributed by atoms with Gasteiger partial charge in [-0.3, -0.25) is 14.5 Å². The van der Waals surface area contributed by atoms with E-state index in [1.54, 1.807) is 4.90 Å². The molecule has 0 saturated heterocycles. The van der Waals surface area contributed by atoms with Crippen LogP contribution in [0.1, 0.15) is 25.7 Å². The normalized spacial score (nSPS) is 13.5. The maximum absolute atomic E-state index is 12.2. The summed E-state index contributed by atoms with van der Waals surface area (Å²) in [6.45, 7) is 1.04. The first kappa shape index (κ1) is 16.9. The number of amides is 1. The fourth-order valence-corrected chi connectivity index (χ4v) is 2.06. The molecule has 0 bridgehead atoms. The average molecular weight is 292 g/mol. The van der Waals surface area contributed by atoms with Gasteiger partial charge in [0.25, 0.3) is 0 Å². The maximum Gasteiger partial charge on any atom is 0.317 e. The molecule has 0 aromatic carbocycles. The fourth-order valence-electron chi connectivity index (χ4n) is 2.06. The van der Waals surface area contributed by atoms with E-state index in [4.69, 9.17) is 15.6 Å². The van der Waals surface area contributed by atoms with Crippen LogP contribution in [0.4, 0.5) is 0 Å². The molecule has 1 fully saturated rings. The molecule has 0 heterocycles. The maximum atomic E-state index is 12.2. The molecule has 7 heteroatoms. The van der Waals surface area contributed by atoms with Crippen molar-refractivity contribution in [1.29, 1.82) is 10.5 Å². The number of nitrogens with zero attached hydrogens (tertiary/aromatic N) is 4. The van der Waals surface area contributed by atoms with Gasteiger partial charge in [0.2, 0.25) is 5.91 Å². The lowest BCUT2D eigenvalue weighted by atomic mass is 10.3. The Kier molecular flexibility index (Phi) is 7.20. The number of carbonyl (C=O) groups is 2. The molecule has 1 amide bonds. The van der Waals surface area contributed by atoms with Gasteiger partial charge in [-0.2, -0.15) is 10.5 Å². The highest BCUT2D eigenvalue weighted by Gasteiger charge is 2.27. The van der Waals surface area contributed by atoms with Gasteiger partial charge in [0.15, 0.2) is 0 Å². The topological polar surface area (TPSA) is 108 Å². The van der Waals surface area contributed by atoms with Gasteiger partial charge in [0.05, 0.1) is 38.1 Å². The molecular weight excluding hydrogens is 272 g/mol. The van der Waals surface area contributed by atoms with Crippen LogP contribution in [0, 0.1) is 28.6 Å². The summed E-state index contributed by atoms with van der Waals surface area (Å²) in [7, 11) is 0. The predicted octanol–water partition coefficient (Wildman–Crippen LogP) is 0.439. The smallest absolute Gasteiger partial charge is 0.317 e. The number of rotatable bonds is 10. The van der Waals surface area contributed by atoms with Crippen LogP contribution < -0.4 is 0 Å². The highest BCUT2D eigenvalue weighted by Crippen LogP contribution is 2.29. The van der Waals surface area contributed by atoms with Crippen molar-refractivity contribution in [3.63, 3.8) is 0 Å². The zero-order valence-electron chi connectivity index (χ0n) is 12.0. The molecule has 1 aliphatic carbocycles. The summed E-state index contributed by atoms with van der Waals surface area (Å²) in [4.78, 5) is 26.2. The van der Waals surface area contributed by atoms with E-state index >= 15 is 0 Å². The molecule has 0 spiro atoms. The van der Waals surface area contributed by atoms with Crippen molar-refractivity contribution in [2.75, 3.05) is 32.7 Å². The van der Waals surface area contributed by atoms with Crippen molar-refractivity contribution < 1.29 is 14.7 Å². The zero-order chi connectivity index (χ0) is 15.7. The first-order valence-electron chi connectivity index (χ1n) is 7.02. The van der Waals surface area contributed by atoms with Crippen LogP contribution >= 0.6 is 0 Å². The SMILES string of the molecule is N#CCCN(CCC#N)C(=O)CN(CC(=O)O)CC1CC1. The lowest BCUT2D eigenvalue weighted by Crippen LogP contribution is -2.43. The minimum absolute atomic E-state index is 0.0274. The molecule has 21 heavy (non-hydrogen) atoms. The Hall–Kier alpha value is -2.12. The summed E-state index contributed by atoms with van der Waals surface area (Å²) >= 11 is 0. The van der Waals surface area contributed by atoms with Gasteiger partial charge in [0, 0.05) is 19.6 Å². The Morgan fingerprint density at radius 2 is 1.67 bits per heavy atom. The molecule has 0 aromatic heterocycles. The van der Waals surface area contributed by atoms with Crippen LogP contribution in [0.25, 0.3) is 0 Å². The zero-order valence-corrected chi connectivity index (χ0v) is 12.0. The van der Waals surface area contributed by atoms with Crippen molar-refractivity contribution in [2.45, 2.75) is 25.7 Å². The number of carboxylic acids is 1. The largest absolute Gasteiger partial charge is 0.480 e. The third kappa shape index (κ3) is 7.28. The van der Waals surface area contributed by atoms with Crippen LogP contribution in [0.3, 0.4) is 0 Å². The van der Waals surface area contributed by atoms with Gasteiger partial charge in [-0.05, 0) is 18.8 Å². The standard InChI is InChI=1S/C14H20N4O3/c15-5-1-7-18(8-2-6-16)13(19)10-17(11-14(20)21)9-12-3-4-12/h12H,1-4,7-11H2,(H,20,21). The van der Waals surface area contributed by atoms with Crippen LogP contribution in [0.2, 0.25) is 0 Å². The summed E-state index contributed by atoms with van der Waals surface area (Å²) < 4.78 is 0. The minimum Gasteiger partial charge on any atom is -0.480 e. The Bertz CT molecular complexity index is 430. The second kappa shape index (κ2) is 8.93. The number of nitriles is 2. The summed E-state index contributed by atoms with van der Waals surface area (Å²) in [5.41, 5.74) is 0. The number of hydrogen-bond acceptors (Lipinski definition) is 5. The van der Waals surface area contributed by atoms with E-state index in [1.165, 1.54) is 4.90 Å². The number of carbonyl (C=O) groups excluding carboxylic acids is 1. The third-order valence-electron chi connectivity index (χ3n) is 3.27. The Balaban J connectivity index is 2.55. The van der Waals surface area contributed by atoms with E-state index in [2.05, 4.69) is 0 Å². The first-order chi connectivity index (χ1) is 10.1. The Labute approximate surface area is 124 Å². The Morgan fingerprint density at radius 1 is 1.10 bits per heavy atom. The van der Waals surface area contributed by atoms with E-state index in [0.717, 1.165) is 12.8 Å². The molecule has 1 saturated carbocycles. The van der Waals surface area contributed by atoms with Gasteiger partial charge >= 0.3 is 5.97 Å². The molecule has 1 rings (SSSR count). The van der Waals surface area contributed by atoms with E-state index in [1.807, 2.05) is 12.1 Å². The molecule has 0 aromatic rings. The van der Waals surface area contributed by atoms with Crippen LogP contribution in [-0.2, 0) is 9.59 Å². The second-order valence-corrected chi connectivity index (χ2v) is 5.20. The molecule has 7 nitrogen and oxygen atoms in total. The number of hydrogen-bond donors (Lipinski definition) is 1. The lowest BCUT2D eigenvalue weighted by molar-refractivity contribution is -0.139. The van der Waals surface area contributed by atoms with Crippen LogP contribution in [-0.4, -0.2) is 59.5 Å². The average Bonchev–Trinajstić information content (AvgIpc) is 3.21. The molecule has 0 unspecified atom stereocenters. The van der Waals surface area contributed by atoms with Crippen molar-refractivity contribution >= 4 is 11.9 Å². The molecular formula is C14H20N4O3. The third-order valence-corrected chi connectivity index (χ3v) is 3.27.